The molecule has 0 aromatic carbocycles. The molecule has 0 atom stereocenters. The molecule has 1 fully saturated rings. The number of rotatable bonds is 6. The number of nitrogens with zero attached hydrogens (tertiary/aromatic N) is 1. The Morgan fingerprint density at radius 1 is 1.14 bits per heavy atom. The standard InChI is InChI=1S/C16H29NO5/c1-15(2)10-12(11-16(3,4)17(15)5)22-14(20)21-9-7-6-8-13(18)19/h12H,6-11H2,1-5H3,(H,18,19). The third-order valence-electron chi connectivity index (χ3n) is 4.54. The normalized spacial score (nSPS) is 21.3. The Morgan fingerprint density at radius 3 is 2.18 bits per heavy atom. The Bertz CT molecular complexity index is 387. The van der Waals surface area contributed by atoms with E-state index in [0.717, 1.165) is 12.8 Å². The summed E-state index contributed by atoms with van der Waals surface area (Å²) in [5.41, 5.74) is -0.0949. The summed E-state index contributed by atoms with van der Waals surface area (Å²) in [7, 11) is 2.09. The Hall–Kier alpha value is -1.30. The zero-order valence-electron chi connectivity index (χ0n) is 14.3. The van der Waals surface area contributed by atoms with Crippen molar-refractivity contribution in [2.24, 2.45) is 0 Å². The monoisotopic (exact) mass is 315 g/mol. The highest BCUT2D eigenvalue weighted by Gasteiger charge is 2.44. The van der Waals surface area contributed by atoms with Crippen LogP contribution in [0.2, 0.25) is 0 Å². The SMILES string of the molecule is CN1C(C)(C)CC(OC(=O)OCCCCC(=O)O)CC1(C)C. The first kappa shape index (κ1) is 18.7. The molecule has 0 aliphatic carbocycles. The smallest absolute Gasteiger partial charge is 0.481 e. The van der Waals surface area contributed by atoms with Crippen LogP contribution in [-0.4, -0.2) is 53.0 Å². The number of piperidine rings is 1. The number of carbonyl (C=O) groups excluding carboxylic acids is 1. The van der Waals surface area contributed by atoms with Gasteiger partial charge in [0.15, 0.2) is 0 Å². The number of unbranched alkanes of at least 4 members (excludes halogenated alkanes) is 1. The largest absolute Gasteiger partial charge is 0.508 e. The van der Waals surface area contributed by atoms with Gasteiger partial charge in [-0.2, -0.15) is 0 Å². The third kappa shape index (κ3) is 5.48. The Morgan fingerprint density at radius 2 is 1.68 bits per heavy atom. The van der Waals surface area contributed by atoms with Crippen LogP contribution in [0.25, 0.3) is 0 Å². The van der Waals surface area contributed by atoms with Gasteiger partial charge in [0.25, 0.3) is 0 Å². The summed E-state index contributed by atoms with van der Waals surface area (Å²) in [6.07, 6.45) is 1.84. The molecule has 1 heterocycles. The number of carbonyl (C=O) groups is 2. The lowest BCUT2D eigenvalue weighted by Gasteiger charge is -2.52. The van der Waals surface area contributed by atoms with E-state index in [-0.39, 0.29) is 30.2 Å². The summed E-state index contributed by atoms with van der Waals surface area (Å²) < 4.78 is 10.5. The van der Waals surface area contributed by atoms with Crippen molar-refractivity contribution >= 4 is 12.1 Å². The minimum atomic E-state index is -0.835. The van der Waals surface area contributed by atoms with E-state index in [0.29, 0.717) is 12.8 Å². The molecular formula is C16H29NO5. The van der Waals surface area contributed by atoms with Gasteiger partial charge >= 0.3 is 12.1 Å². The van der Waals surface area contributed by atoms with Crippen molar-refractivity contribution in [2.75, 3.05) is 13.7 Å². The molecule has 128 valence electrons. The maximum atomic E-state index is 11.7. The number of carboxylic acids is 1. The fourth-order valence-electron chi connectivity index (χ4n) is 3.07. The number of aliphatic carboxylic acids is 1. The van der Waals surface area contributed by atoms with Gasteiger partial charge in [0.1, 0.15) is 6.10 Å². The quantitative estimate of drug-likeness (QED) is 0.600. The number of ether oxygens (including phenoxy) is 2. The van der Waals surface area contributed by atoms with Gasteiger partial charge in [-0.3, -0.25) is 9.69 Å². The van der Waals surface area contributed by atoms with Crippen molar-refractivity contribution in [3.8, 4) is 0 Å². The molecule has 1 N–H and O–H groups in total. The first-order valence-electron chi connectivity index (χ1n) is 7.84. The number of hydrogen-bond acceptors (Lipinski definition) is 5. The maximum absolute atomic E-state index is 11.7. The molecule has 0 bridgehead atoms. The first-order valence-corrected chi connectivity index (χ1v) is 7.84. The molecule has 0 saturated carbocycles. The summed E-state index contributed by atoms with van der Waals surface area (Å²) in [5, 5.41) is 8.52. The number of hydrogen-bond donors (Lipinski definition) is 1. The molecule has 0 aromatic heterocycles. The summed E-state index contributed by atoms with van der Waals surface area (Å²) in [5.74, 6) is -0.835. The summed E-state index contributed by atoms with van der Waals surface area (Å²) in [4.78, 5) is 24.4. The summed E-state index contributed by atoms with van der Waals surface area (Å²) >= 11 is 0. The lowest BCUT2D eigenvalue weighted by atomic mass is 9.79. The van der Waals surface area contributed by atoms with Gasteiger partial charge in [-0.15, -0.1) is 0 Å². The number of likely N-dealkylation sites (tertiary alicyclic amines) is 1. The minimum absolute atomic E-state index is 0.0474. The van der Waals surface area contributed by atoms with Crippen LogP contribution in [0.1, 0.15) is 59.8 Å². The van der Waals surface area contributed by atoms with Gasteiger partial charge in [0.2, 0.25) is 0 Å². The van der Waals surface area contributed by atoms with Gasteiger partial charge in [0.05, 0.1) is 6.61 Å². The van der Waals surface area contributed by atoms with E-state index in [1.807, 2.05) is 0 Å². The fourth-order valence-corrected chi connectivity index (χ4v) is 3.07. The first-order chi connectivity index (χ1) is 10.0. The van der Waals surface area contributed by atoms with Crippen LogP contribution in [0.5, 0.6) is 0 Å². The zero-order valence-corrected chi connectivity index (χ0v) is 14.3. The predicted molar refractivity (Wildman–Crippen MR) is 82.9 cm³/mol. The van der Waals surface area contributed by atoms with Gasteiger partial charge in [0, 0.05) is 30.3 Å². The second kappa shape index (κ2) is 7.31. The molecule has 0 aromatic rings. The lowest BCUT2D eigenvalue weighted by molar-refractivity contribution is -0.137. The topological polar surface area (TPSA) is 76.1 Å². The van der Waals surface area contributed by atoms with Crippen LogP contribution in [0.15, 0.2) is 0 Å². The van der Waals surface area contributed by atoms with E-state index in [2.05, 4.69) is 39.6 Å². The molecule has 1 aliphatic heterocycles. The molecule has 1 rings (SSSR count). The van der Waals surface area contributed by atoms with Crippen molar-refractivity contribution in [1.29, 1.82) is 0 Å². The van der Waals surface area contributed by atoms with Crippen LogP contribution in [0, 0.1) is 0 Å². The van der Waals surface area contributed by atoms with E-state index in [4.69, 9.17) is 14.6 Å². The zero-order chi connectivity index (χ0) is 17.0. The van der Waals surface area contributed by atoms with E-state index in [1.54, 1.807) is 0 Å². The summed E-state index contributed by atoms with van der Waals surface area (Å²) in [6, 6.07) is 0. The van der Waals surface area contributed by atoms with E-state index < -0.39 is 12.1 Å². The third-order valence-corrected chi connectivity index (χ3v) is 4.54. The summed E-state index contributed by atoms with van der Waals surface area (Å²) in [6.45, 7) is 8.76. The second-order valence-corrected chi connectivity index (χ2v) is 7.28. The molecular weight excluding hydrogens is 286 g/mol. The van der Waals surface area contributed by atoms with E-state index >= 15 is 0 Å². The molecule has 6 nitrogen and oxygen atoms in total. The highest BCUT2D eigenvalue weighted by molar-refractivity contribution is 5.66. The maximum Gasteiger partial charge on any atom is 0.508 e. The van der Waals surface area contributed by atoms with Crippen LogP contribution in [0.3, 0.4) is 0 Å². The van der Waals surface area contributed by atoms with Crippen LogP contribution < -0.4 is 0 Å². The Kier molecular flexibility index (Phi) is 6.23. The fraction of sp³-hybridized carbons (Fsp3) is 0.875. The van der Waals surface area contributed by atoms with Crippen LogP contribution in [0.4, 0.5) is 4.79 Å². The van der Waals surface area contributed by atoms with Gasteiger partial charge in [-0.25, -0.2) is 4.79 Å². The van der Waals surface area contributed by atoms with Crippen LogP contribution >= 0.6 is 0 Å². The average molecular weight is 315 g/mol. The lowest BCUT2D eigenvalue weighted by Crippen LogP contribution is -2.60. The molecule has 0 radical (unpaired) electrons. The molecule has 0 unspecified atom stereocenters. The minimum Gasteiger partial charge on any atom is -0.481 e. The molecule has 0 spiro atoms. The molecule has 1 aliphatic rings. The van der Waals surface area contributed by atoms with Crippen molar-refractivity contribution < 1.29 is 24.2 Å². The molecule has 1 saturated heterocycles. The van der Waals surface area contributed by atoms with Crippen LogP contribution in [-0.2, 0) is 14.3 Å². The average Bonchev–Trinajstić information content (AvgIpc) is 2.34. The van der Waals surface area contributed by atoms with Gasteiger partial charge in [-0.1, -0.05) is 0 Å². The van der Waals surface area contributed by atoms with Crippen molar-refractivity contribution in [1.82, 2.24) is 4.90 Å². The van der Waals surface area contributed by atoms with Crippen molar-refractivity contribution in [2.45, 2.75) is 77.0 Å². The predicted octanol–water partition coefficient (Wildman–Crippen LogP) is 3.05. The van der Waals surface area contributed by atoms with Crippen molar-refractivity contribution in [3.05, 3.63) is 0 Å². The molecule has 22 heavy (non-hydrogen) atoms. The highest BCUT2D eigenvalue weighted by atomic mass is 16.7. The molecule has 0 amide bonds. The highest BCUT2D eigenvalue weighted by Crippen LogP contribution is 2.38. The number of carboxylic acid groups (broad SMARTS) is 1. The van der Waals surface area contributed by atoms with Gasteiger partial charge in [-0.05, 0) is 47.6 Å². The van der Waals surface area contributed by atoms with Crippen molar-refractivity contribution in [3.63, 3.8) is 0 Å². The Balaban J connectivity index is 2.37. The van der Waals surface area contributed by atoms with Gasteiger partial charge < -0.3 is 14.6 Å². The second-order valence-electron chi connectivity index (χ2n) is 7.28. The van der Waals surface area contributed by atoms with E-state index in [1.165, 1.54) is 0 Å². The molecule has 6 heteroatoms. The van der Waals surface area contributed by atoms with E-state index in [9.17, 15) is 9.59 Å². The Labute approximate surface area is 132 Å².